The molecule has 4 nitrogen and oxygen atoms in total. The summed E-state index contributed by atoms with van der Waals surface area (Å²) in [5.41, 5.74) is 6.80. The molecule has 0 atom stereocenters. The molecule has 0 heterocycles. The molecule has 0 bridgehead atoms. The van der Waals surface area contributed by atoms with Crippen LogP contribution in [0.3, 0.4) is 0 Å². The van der Waals surface area contributed by atoms with Gasteiger partial charge in [0.2, 0.25) is 5.91 Å². The second-order valence-corrected chi connectivity index (χ2v) is 5.55. The van der Waals surface area contributed by atoms with Crippen molar-refractivity contribution in [2.24, 2.45) is 5.73 Å². The van der Waals surface area contributed by atoms with Gasteiger partial charge >= 0.3 is 0 Å². The van der Waals surface area contributed by atoms with E-state index in [4.69, 9.17) is 22.7 Å². The Morgan fingerprint density at radius 3 is 2.42 bits per heavy atom. The fraction of sp³-hybridized carbons (Fsp3) is 0.429. The second kappa shape index (κ2) is 6.63. The zero-order valence-corrected chi connectivity index (χ0v) is 12.3. The molecule has 0 aliphatic rings. The predicted molar refractivity (Wildman–Crippen MR) is 81.3 cm³/mol. The maximum absolute atomic E-state index is 11.8. The van der Waals surface area contributed by atoms with Crippen molar-refractivity contribution in [3.63, 3.8) is 0 Å². The normalized spacial score (nSPS) is 11.1. The van der Waals surface area contributed by atoms with E-state index in [1.807, 2.05) is 38.1 Å². The maximum Gasteiger partial charge on any atom is 0.227 e. The van der Waals surface area contributed by atoms with Gasteiger partial charge in [-0.25, -0.2) is 0 Å². The zero-order chi connectivity index (χ0) is 14.5. The predicted octanol–water partition coefficient (Wildman–Crippen LogP) is 2.27. The van der Waals surface area contributed by atoms with Crippen molar-refractivity contribution in [2.75, 3.05) is 12.4 Å². The smallest absolute Gasteiger partial charge is 0.227 e. The maximum atomic E-state index is 11.8. The van der Waals surface area contributed by atoms with Crippen LogP contribution in [0.5, 0.6) is 0 Å². The minimum absolute atomic E-state index is 0.0751. The average Bonchev–Trinajstić information content (AvgIpc) is 2.30. The first-order valence-corrected chi connectivity index (χ1v) is 6.45. The van der Waals surface area contributed by atoms with Gasteiger partial charge in [-0.05, 0) is 31.5 Å². The van der Waals surface area contributed by atoms with Crippen molar-refractivity contribution in [1.29, 1.82) is 0 Å². The Morgan fingerprint density at radius 1 is 1.37 bits per heavy atom. The fourth-order valence-corrected chi connectivity index (χ4v) is 1.74. The first-order chi connectivity index (χ1) is 8.82. The summed E-state index contributed by atoms with van der Waals surface area (Å²) in [5, 5.41) is 2.83. The van der Waals surface area contributed by atoms with Crippen LogP contribution in [0.2, 0.25) is 0 Å². The Bertz CT molecular complexity index is 455. The molecule has 0 saturated heterocycles. The standard InChI is InChI=1S/C14H20N2O2S/c1-14(2,18-3)9-13(17)16-11-6-4-10(5-7-11)8-12(15)19/h4-7H,8-9H2,1-3H3,(H2,15,19)(H,16,17). The quantitative estimate of drug-likeness (QED) is 0.785. The van der Waals surface area contributed by atoms with E-state index in [0.717, 1.165) is 11.3 Å². The largest absolute Gasteiger partial charge is 0.393 e. The summed E-state index contributed by atoms with van der Waals surface area (Å²) in [7, 11) is 1.60. The van der Waals surface area contributed by atoms with Crippen molar-refractivity contribution < 1.29 is 9.53 Å². The number of nitrogens with two attached hydrogens (primary N) is 1. The van der Waals surface area contributed by atoms with Crippen molar-refractivity contribution in [3.05, 3.63) is 29.8 Å². The van der Waals surface area contributed by atoms with Crippen LogP contribution >= 0.6 is 12.2 Å². The van der Waals surface area contributed by atoms with Gasteiger partial charge in [0.1, 0.15) is 0 Å². The van der Waals surface area contributed by atoms with Gasteiger partial charge in [0.25, 0.3) is 0 Å². The summed E-state index contributed by atoms with van der Waals surface area (Å²) in [4.78, 5) is 12.3. The zero-order valence-electron chi connectivity index (χ0n) is 11.5. The summed E-state index contributed by atoms with van der Waals surface area (Å²) < 4.78 is 5.22. The van der Waals surface area contributed by atoms with Crippen LogP contribution in [0.15, 0.2) is 24.3 Å². The highest BCUT2D eigenvalue weighted by molar-refractivity contribution is 7.80. The molecule has 1 rings (SSSR count). The summed E-state index contributed by atoms with van der Waals surface area (Å²) in [6.45, 7) is 3.75. The third kappa shape index (κ3) is 5.81. The van der Waals surface area contributed by atoms with E-state index in [1.54, 1.807) is 7.11 Å². The number of thiocarbonyl (C=S) groups is 1. The SMILES string of the molecule is COC(C)(C)CC(=O)Nc1ccc(CC(N)=S)cc1. The monoisotopic (exact) mass is 280 g/mol. The molecule has 5 heteroatoms. The highest BCUT2D eigenvalue weighted by Gasteiger charge is 2.20. The average molecular weight is 280 g/mol. The second-order valence-electron chi connectivity index (χ2n) is 5.03. The first-order valence-electron chi connectivity index (χ1n) is 6.04. The Morgan fingerprint density at radius 2 is 1.95 bits per heavy atom. The molecular formula is C14H20N2O2S. The minimum Gasteiger partial charge on any atom is -0.393 e. The molecule has 0 aliphatic carbocycles. The van der Waals surface area contributed by atoms with Gasteiger partial charge in [-0.3, -0.25) is 4.79 Å². The molecule has 3 N–H and O–H groups in total. The topological polar surface area (TPSA) is 64.3 Å². The van der Waals surface area contributed by atoms with Crippen LogP contribution in [0.4, 0.5) is 5.69 Å². The van der Waals surface area contributed by atoms with E-state index >= 15 is 0 Å². The third-order valence-corrected chi connectivity index (χ3v) is 2.90. The van der Waals surface area contributed by atoms with Gasteiger partial charge in [-0.1, -0.05) is 24.4 Å². The molecule has 0 unspecified atom stereocenters. The molecule has 0 aliphatic heterocycles. The number of carbonyl (C=O) groups excluding carboxylic acids is 1. The van der Waals surface area contributed by atoms with E-state index < -0.39 is 5.60 Å². The van der Waals surface area contributed by atoms with Crippen LogP contribution in [0.25, 0.3) is 0 Å². The highest BCUT2D eigenvalue weighted by Crippen LogP contribution is 2.15. The summed E-state index contributed by atoms with van der Waals surface area (Å²) in [6, 6.07) is 7.48. The Hall–Kier alpha value is -1.46. The van der Waals surface area contributed by atoms with Crippen molar-refractivity contribution in [1.82, 2.24) is 0 Å². The Kier molecular flexibility index (Phi) is 5.44. The molecule has 1 amide bonds. The number of amides is 1. The number of hydrogen-bond donors (Lipinski definition) is 2. The number of rotatable bonds is 6. The highest BCUT2D eigenvalue weighted by atomic mass is 32.1. The van der Waals surface area contributed by atoms with Gasteiger partial charge in [-0.15, -0.1) is 0 Å². The van der Waals surface area contributed by atoms with E-state index in [0.29, 0.717) is 17.8 Å². The molecule has 104 valence electrons. The van der Waals surface area contributed by atoms with Crippen LogP contribution in [-0.2, 0) is 16.0 Å². The molecule has 1 aromatic rings. The summed E-state index contributed by atoms with van der Waals surface area (Å²) in [5.74, 6) is -0.0751. The van der Waals surface area contributed by atoms with Crippen molar-refractivity contribution >= 4 is 28.8 Å². The lowest BCUT2D eigenvalue weighted by Gasteiger charge is -2.21. The Balaban J connectivity index is 2.58. The lowest BCUT2D eigenvalue weighted by Crippen LogP contribution is -2.29. The number of benzene rings is 1. The van der Waals surface area contributed by atoms with E-state index in [-0.39, 0.29) is 5.91 Å². The molecule has 0 fully saturated rings. The van der Waals surface area contributed by atoms with Gasteiger partial charge in [0.15, 0.2) is 0 Å². The van der Waals surface area contributed by atoms with Crippen LogP contribution in [0.1, 0.15) is 25.8 Å². The molecule has 0 spiro atoms. The lowest BCUT2D eigenvalue weighted by molar-refractivity contribution is -0.121. The molecule has 0 radical (unpaired) electrons. The van der Waals surface area contributed by atoms with Crippen molar-refractivity contribution in [2.45, 2.75) is 32.3 Å². The van der Waals surface area contributed by atoms with Crippen LogP contribution in [-0.4, -0.2) is 23.6 Å². The van der Waals surface area contributed by atoms with Crippen molar-refractivity contribution in [3.8, 4) is 0 Å². The van der Waals surface area contributed by atoms with Gasteiger partial charge in [0, 0.05) is 19.2 Å². The van der Waals surface area contributed by atoms with Crippen LogP contribution in [0, 0.1) is 0 Å². The number of carbonyl (C=O) groups is 1. The number of hydrogen-bond acceptors (Lipinski definition) is 3. The first kappa shape index (κ1) is 15.6. The minimum atomic E-state index is -0.463. The van der Waals surface area contributed by atoms with E-state index in [2.05, 4.69) is 5.32 Å². The Labute approximate surface area is 119 Å². The van der Waals surface area contributed by atoms with Gasteiger partial charge < -0.3 is 15.8 Å². The molecule has 0 saturated carbocycles. The molecule has 19 heavy (non-hydrogen) atoms. The molecule has 1 aromatic carbocycles. The molecular weight excluding hydrogens is 260 g/mol. The number of anilines is 1. The lowest BCUT2D eigenvalue weighted by atomic mass is 10.0. The fourth-order valence-electron chi connectivity index (χ4n) is 1.57. The number of nitrogens with one attached hydrogen (secondary N) is 1. The number of ether oxygens (including phenoxy) is 1. The van der Waals surface area contributed by atoms with E-state index in [1.165, 1.54) is 0 Å². The molecule has 0 aromatic heterocycles. The van der Waals surface area contributed by atoms with Gasteiger partial charge in [0.05, 0.1) is 17.0 Å². The number of methoxy groups -OCH3 is 1. The van der Waals surface area contributed by atoms with Crippen LogP contribution < -0.4 is 11.1 Å². The van der Waals surface area contributed by atoms with Gasteiger partial charge in [-0.2, -0.15) is 0 Å². The third-order valence-electron chi connectivity index (χ3n) is 2.75. The summed E-state index contributed by atoms with van der Waals surface area (Å²) in [6.07, 6.45) is 0.873. The summed E-state index contributed by atoms with van der Waals surface area (Å²) >= 11 is 4.85. The van der Waals surface area contributed by atoms with E-state index in [9.17, 15) is 4.79 Å².